The molecule has 1 fully saturated rings. The molecule has 0 aliphatic carbocycles. The maximum Gasteiger partial charge on any atom is 0.269 e. The Morgan fingerprint density at radius 3 is 2.30 bits per heavy atom. The van der Waals surface area contributed by atoms with Crippen LogP contribution < -0.4 is 4.74 Å². The molecule has 2 aromatic carbocycles. The lowest BCUT2D eigenvalue weighted by Gasteiger charge is -2.29. The number of methoxy groups -OCH3 is 1. The minimum Gasteiger partial charge on any atom is -0.497 e. The van der Waals surface area contributed by atoms with Crippen LogP contribution in [0.25, 0.3) is 0 Å². The summed E-state index contributed by atoms with van der Waals surface area (Å²) in [5.41, 5.74) is 0.791. The van der Waals surface area contributed by atoms with Crippen LogP contribution in [-0.4, -0.2) is 31.3 Å². The van der Waals surface area contributed by atoms with E-state index < -0.39 is 14.9 Å². The molecule has 1 aliphatic heterocycles. The zero-order valence-electron chi connectivity index (χ0n) is 15.1. The number of nitro groups is 1. The average molecular weight is 390 g/mol. The Labute approximate surface area is 158 Å². The van der Waals surface area contributed by atoms with Gasteiger partial charge < -0.3 is 4.74 Å². The first kappa shape index (κ1) is 19.3. The standard InChI is InChI=1S/C19H22N2O5S/c1-26-17-10-6-15(7-11-17)19-5-3-2-4-14-20(19)27(24,25)18-12-8-16(9-13-18)21(22)23/h6-13,19H,2-5,14H2,1H3. The zero-order chi connectivity index (χ0) is 19.4. The lowest BCUT2D eigenvalue weighted by atomic mass is 10.0. The van der Waals surface area contributed by atoms with Crippen LogP contribution in [0.1, 0.15) is 37.3 Å². The van der Waals surface area contributed by atoms with Crippen LogP contribution in [0.5, 0.6) is 5.75 Å². The Kier molecular flexibility index (Phi) is 5.76. The first-order valence-electron chi connectivity index (χ1n) is 8.84. The molecule has 0 amide bonds. The number of nitro benzene ring substituents is 1. The van der Waals surface area contributed by atoms with Gasteiger partial charge in [-0.1, -0.05) is 25.0 Å². The lowest BCUT2D eigenvalue weighted by Crippen LogP contribution is -2.34. The Morgan fingerprint density at radius 2 is 1.70 bits per heavy atom. The van der Waals surface area contributed by atoms with Crippen LogP contribution >= 0.6 is 0 Å². The summed E-state index contributed by atoms with van der Waals surface area (Å²) in [4.78, 5) is 10.4. The number of non-ortho nitro benzene ring substituents is 1. The Balaban J connectivity index is 1.96. The highest BCUT2D eigenvalue weighted by molar-refractivity contribution is 7.89. The third-order valence-corrected chi connectivity index (χ3v) is 6.78. The summed E-state index contributed by atoms with van der Waals surface area (Å²) in [5.74, 6) is 0.720. The van der Waals surface area contributed by atoms with Crippen molar-refractivity contribution in [2.45, 2.75) is 36.6 Å². The van der Waals surface area contributed by atoms with Crippen molar-refractivity contribution >= 4 is 15.7 Å². The number of hydrogen-bond donors (Lipinski definition) is 0. The second kappa shape index (κ2) is 8.06. The second-order valence-electron chi connectivity index (χ2n) is 6.51. The fourth-order valence-electron chi connectivity index (χ4n) is 3.40. The Bertz CT molecular complexity index is 895. The van der Waals surface area contributed by atoms with Gasteiger partial charge in [-0.3, -0.25) is 10.1 Å². The predicted octanol–water partition coefficient (Wildman–Crippen LogP) is 3.91. The molecule has 144 valence electrons. The summed E-state index contributed by atoms with van der Waals surface area (Å²) in [6, 6.07) is 12.3. The molecule has 0 bridgehead atoms. The summed E-state index contributed by atoms with van der Waals surface area (Å²) in [7, 11) is -2.17. The van der Waals surface area contributed by atoms with E-state index in [2.05, 4.69) is 0 Å². The Morgan fingerprint density at radius 1 is 1.04 bits per heavy atom. The van der Waals surface area contributed by atoms with E-state index in [1.807, 2.05) is 24.3 Å². The van der Waals surface area contributed by atoms with Gasteiger partial charge in [-0.15, -0.1) is 0 Å². The molecular formula is C19H22N2O5S. The highest BCUT2D eigenvalue weighted by Gasteiger charge is 2.33. The minimum absolute atomic E-state index is 0.0773. The van der Waals surface area contributed by atoms with Crippen LogP contribution in [0.2, 0.25) is 0 Å². The maximum absolute atomic E-state index is 13.3. The first-order chi connectivity index (χ1) is 12.9. The molecule has 1 atom stereocenters. The predicted molar refractivity (Wildman–Crippen MR) is 101 cm³/mol. The highest BCUT2D eigenvalue weighted by atomic mass is 32.2. The van der Waals surface area contributed by atoms with E-state index >= 15 is 0 Å². The highest BCUT2D eigenvalue weighted by Crippen LogP contribution is 2.35. The molecule has 27 heavy (non-hydrogen) atoms. The van der Waals surface area contributed by atoms with Crippen LogP contribution in [0.4, 0.5) is 5.69 Å². The van der Waals surface area contributed by atoms with Gasteiger partial charge in [-0.05, 0) is 42.7 Å². The molecule has 8 heteroatoms. The second-order valence-corrected chi connectivity index (χ2v) is 8.40. The number of rotatable bonds is 5. The van der Waals surface area contributed by atoms with Crippen molar-refractivity contribution in [1.82, 2.24) is 4.31 Å². The van der Waals surface area contributed by atoms with E-state index in [4.69, 9.17) is 4.74 Å². The van der Waals surface area contributed by atoms with Gasteiger partial charge in [0.15, 0.2) is 0 Å². The third kappa shape index (κ3) is 4.12. The summed E-state index contributed by atoms with van der Waals surface area (Å²) < 4.78 is 33.2. The van der Waals surface area contributed by atoms with E-state index in [0.717, 1.165) is 37.0 Å². The van der Waals surface area contributed by atoms with Crippen LogP contribution in [-0.2, 0) is 10.0 Å². The van der Waals surface area contributed by atoms with E-state index in [-0.39, 0.29) is 16.6 Å². The molecule has 1 saturated heterocycles. The molecule has 1 heterocycles. The van der Waals surface area contributed by atoms with Crippen molar-refractivity contribution in [2.75, 3.05) is 13.7 Å². The summed E-state index contributed by atoms with van der Waals surface area (Å²) in [6.45, 7) is 0.427. The maximum atomic E-state index is 13.3. The van der Waals surface area contributed by atoms with Crippen molar-refractivity contribution in [3.8, 4) is 5.75 Å². The molecule has 0 N–H and O–H groups in total. The minimum atomic E-state index is -3.76. The number of ether oxygens (including phenoxy) is 1. The van der Waals surface area contributed by atoms with Gasteiger partial charge in [-0.25, -0.2) is 8.42 Å². The number of nitrogens with zero attached hydrogens (tertiary/aromatic N) is 2. The van der Waals surface area contributed by atoms with Crippen molar-refractivity contribution in [1.29, 1.82) is 0 Å². The van der Waals surface area contributed by atoms with Crippen molar-refractivity contribution < 1.29 is 18.1 Å². The van der Waals surface area contributed by atoms with Gasteiger partial charge in [0.2, 0.25) is 10.0 Å². The van der Waals surface area contributed by atoms with Gasteiger partial charge in [-0.2, -0.15) is 4.31 Å². The van der Waals surface area contributed by atoms with Crippen LogP contribution in [0, 0.1) is 10.1 Å². The fourth-order valence-corrected chi connectivity index (χ4v) is 5.09. The van der Waals surface area contributed by atoms with E-state index in [1.54, 1.807) is 7.11 Å². The summed E-state index contributed by atoms with van der Waals surface area (Å²) in [5, 5.41) is 10.8. The van der Waals surface area contributed by atoms with Gasteiger partial charge in [0.05, 0.1) is 23.0 Å². The molecule has 0 spiro atoms. The van der Waals surface area contributed by atoms with Crippen molar-refractivity contribution in [3.05, 3.63) is 64.2 Å². The third-order valence-electron chi connectivity index (χ3n) is 4.86. The summed E-state index contributed by atoms with van der Waals surface area (Å²) in [6.07, 6.45) is 3.44. The molecule has 3 rings (SSSR count). The Hall–Kier alpha value is -2.45. The number of hydrogen-bond acceptors (Lipinski definition) is 5. The molecular weight excluding hydrogens is 368 g/mol. The monoisotopic (exact) mass is 390 g/mol. The van der Waals surface area contributed by atoms with Crippen LogP contribution in [0.3, 0.4) is 0 Å². The molecule has 0 radical (unpaired) electrons. The lowest BCUT2D eigenvalue weighted by molar-refractivity contribution is -0.384. The van der Waals surface area contributed by atoms with Crippen molar-refractivity contribution in [3.63, 3.8) is 0 Å². The first-order valence-corrected chi connectivity index (χ1v) is 10.3. The van der Waals surface area contributed by atoms with E-state index in [0.29, 0.717) is 6.54 Å². The molecule has 2 aromatic rings. The van der Waals surface area contributed by atoms with E-state index in [1.165, 1.54) is 28.6 Å². The van der Waals surface area contributed by atoms with Crippen LogP contribution in [0.15, 0.2) is 53.4 Å². The number of benzene rings is 2. The molecule has 0 aromatic heterocycles. The quantitative estimate of drug-likeness (QED) is 0.570. The van der Waals surface area contributed by atoms with Gasteiger partial charge in [0, 0.05) is 18.7 Å². The van der Waals surface area contributed by atoms with Gasteiger partial charge in [0.25, 0.3) is 5.69 Å². The SMILES string of the molecule is COc1ccc(C2CCCCCN2S(=O)(=O)c2ccc([N+](=O)[O-])cc2)cc1. The summed E-state index contributed by atoms with van der Waals surface area (Å²) >= 11 is 0. The fraction of sp³-hybridized carbons (Fsp3) is 0.368. The largest absolute Gasteiger partial charge is 0.497 e. The van der Waals surface area contributed by atoms with E-state index in [9.17, 15) is 18.5 Å². The molecule has 1 unspecified atom stereocenters. The van der Waals surface area contributed by atoms with Crippen molar-refractivity contribution in [2.24, 2.45) is 0 Å². The molecule has 0 saturated carbocycles. The molecule has 7 nitrogen and oxygen atoms in total. The normalized spacial score (nSPS) is 18.6. The molecule has 1 aliphatic rings. The van der Waals surface area contributed by atoms with Gasteiger partial charge >= 0.3 is 0 Å². The van der Waals surface area contributed by atoms with Gasteiger partial charge in [0.1, 0.15) is 5.75 Å². The average Bonchev–Trinajstić information content (AvgIpc) is 2.95. The zero-order valence-corrected chi connectivity index (χ0v) is 15.9. The topological polar surface area (TPSA) is 89.8 Å². The smallest absolute Gasteiger partial charge is 0.269 e. The number of sulfonamides is 1.